The zero-order valence-corrected chi connectivity index (χ0v) is 19.8. The molecule has 1 heterocycles. The Hall–Kier alpha value is -4.14. The first-order chi connectivity index (χ1) is 17.3. The van der Waals surface area contributed by atoms with Gasteiger partial charge in [-0.05, 0) is 25.1 Å². The average Bonchev–Trinajstić information content (AvgIpc) is 2.83. The quantitative estimate of drug-likeness (QED) is 0.190. The van der Waals surface area contributed by atoms with Crippen molar-refractivity contribution in [3.05, 3.63) is 60.2 Å². The minimum Gasteiger partial charge on any atom is -0.489 e. The highest BCUT2D eigenvalue weighted by atomic mass is 19.3. The fourth-order valence-corrected chi connectivity index (χ4v) is 3.35. The van der Waals surface area contributed by atoms with E-state index in [-0.39, 0.29) is 41.7 Å². The van der Waals surface area contributed by atoms with Crippen molar-refractivity contribution in [1.29, 1.82) is 0 Å². The summed E-state index contributed by atoms with van der Waals surface area (Å²) >= 11 is 0. The molecule has 1 aromatic heterocycles. The summed E-state index contributed by atoms with van der Waals surface area (Å²) in [5.74, 6) is 1.71. The largest absolute Gasteiger partial charge is 0.489 e. The number of halogens is 3. The summed E-state index contributed by atoms with van der Waals surface area (Å²) in [5, 5.41) is 6.21. The lowest BCUT2D eigenvalue weighted by Crippen LogP contribution is -2.41. The van der Waals surface area contributed by atoms with Gasteiger partial charge in [-0.3, -0.25) is 4.79 Å². The first-order valence-electron chi connectivity index (χ1n) is 10.7. The van der Waals surface area contributed by atoms with Gasteiger partial charge in [-0.2, -0.15) is 8.78 Å². The molecular weight excluding hydrogens is 475 g/mol. The molecule has 2 aromatic carbocycles. The summed E-state index contributed by atoms with van der Waals surface area (Å²) in [4.78, 5) is 21.4. The van der Waals surface area contributed by atoms with Gasteiger partial charge in [0, 0.05) is 31.6 Å². The molecule has 0 bridgehead atoms. The molecule has 0 aliphatic rings. The fraction of sp³-hybridized carbons (Fsp3) is 0.240. The Morgan fingerprint density at radius 3 is 2.69 bits per heavy atom. The smallest absolute Gasteiger partial charge is 0.345 e. The Balaban J connectivity index is 2.13. The van der Waals surface area contributed by atoms with E-state index < -0.39 is 18.3 Å². The van der Waals surface area contributed by atoms with E-state index in [9.17, 15) is 18.0 Å². The van der Waals surface area contributed by atoms with E-state index in [1.54, 1.807) is 39.2 Å². The van der Waals surface area contributed by atoms with Crippen molar-refractivity contribution >= 4 is 34.0 Å². The predicted molar refractivity (Wildman–Crippen MR) is 131 cm³/mol. The molecule has 1 amide bonds. The van der Waals surface area contributed by atoms with Crippen molar-refractivity contribution in [2.45, 2.75) is 13.5 Å². The molecule has 0 radical (unpaired) electrons. The average molecular weight is 499 g/mol. The zero-order chi connectivity index (χ0) is 26.2. The summed E-state index contributed by atoms with van der Waals surface area (Å²) in [6.45, 7) is -1.82. The lowest BCUT2D eigenvalue weighted by molar-refractivity contribution is -0.133. The van der Waals surface area contributed by atoms with Crippen molar-refractivity contribution in [2.75, 3.05) is 37.6 Å². The molecule has 11 heteroatoms. The first-order valence-corrected chi connectivity index (χ1v) is 10.7. The van der Waals surface area contributed by atoms with Crippen LogP contribution < -0.4 is 15.1 Å². The van der Waals surface area contributed by atoms with Gasteiger partial charge >= 0.3 is 6.61 Å². The molecule has 0 aliphatic heterocycles. The molecule has 36 heavy (non-hydrogen) atoms. The van der Waals surface area contributed by atoms with E-state index in [4.69, 9.17) is 11.2 Å². The number of hydrazine groups is 1. The van der Waals surface area contributed by atoms with Gasteiger partial charge in [0.15, 0.2) is 5.82 Å². The lowest BCUT2D eigenvalue weighted by atomic mass is 10.1. The normalized spacial score (nSPS) is 11.3. The molecule has 0 atom stereocenters. The molecule has 0 fully saturated rings. The number of rotatable bonds is 10. The Morgan fingerprint density at radius 1 is 1.25 bits per heavy atom. The van der Waals surface area contributed by atoms with Crippen LogP contribution in [0, 0.1) is 18.2 Å². The Bertz CT molecular complexity index is 1310. The molecule has 188 valence electrons. The van der Waals surface area contributed by atoms with Crippen molar-refractivity contribution in [3.63, 3.8) is 0 Å². The number of nitrogens with one attached hydrogen (secondary N) is 1. The summed E-state index contributed by atoms with van der Waals surface area (Å²) in [6.07, 6.45) is 9.57. The fourth-order valence-electron chi connectivity index (χ4n) is 3.35. The second-order valence-electron chi connectivity index (χ2n) is 7.47. The highest BCUT2D eigenvalue weighted by molar-refractivity contribution is 6.04. The van der Waals surface area contributed by atoms with E-state index in [0.29, 0.717) is 10.9 Å². The van der Waals surface area contributed by atoms with Crippen LogP contribution in [0.3, 0.4) is 0 Å². The van der Waals surface area contributed by atoms with Gasteiger partial charge in [0.25, 0.3) is 5.91 Å². The second kappa shape index (κ2) is 12.0. The summed E-state index contributed by atoms with van der Waals surface area (Å²) in [7, 11) is 3.30. The summed E-state index contributed by atoms with van der Waals surface area (Å²) < 4.78 is 49.4. The van der Waals surface area contributed by atoms with Crippen LogP contribution in [0.25, 0.3) is 10.9 Å². The standard InChI is InChI=1S/C25H24F3N5O3/c1-5-8-22(34)33(32(3)4)20-13-17-19(14-21(20)35-11-12-36-25(27)28)29-15-30-24(17)31-18-10-7-9-16(6-2)23(18)26/h2,5,7-10,13-15,25H,11-12H2,1,3-4H3,(H,29,30,31)/b8-5+. The second-order valence-corrected chi connectivity index (χ2v) is 7.47. The van der Waals surface area contributed by atoms with Crippen LogP contribution in [0.4, 0.5) is 30.4 Å². The lowest BCUT2D eigenvalue weighted by Gasteiger charge is -2.30. The van der Waals surface area contributed by atoms with Crippen LogP contribution in [0.15, 0.2) is 48.8 Å². The molecule has 0 aliphatic carbocycles. The van der Waals surface area contributed by atoms with Crippen LogP contribution in [0.1, 0.15) is 12.5 Å². The number of nitrogens with zero attached hydrogens (tertiary/aromatic N) is 4. The SMILES string of the molecule is C#Cc1cccc(Nc2ncnc3cc(OCCOC(F)F)c(N(C(=O)/C=C/C)N(C)C)cc23)c1F. The molecule has 0 spiro atoms. The van der Waals surface area contributed by atoms with Gasteiger partial charge < -0.3 is 14.8 Å². The molecule has 8 nitrogen and oxygen atoms in total. The number of hydrogen-bond acceptors (Lipinski definition) is 7. The number of carbonyl (C=O) groups is 1. The number of allylic oxidation sites excluding steroid dienone is 1. The third-order valence-electron chi connectivity index (χ3n) is 4.85. The van der Waals surface area contributed by atoms with Gasteiger partial charge in [0.2, 0.25) is 0 Å². The van der Waals surface area contributed by atoms with E-state index >= 15 is 0 Å². The van der Waals surface area contributed by atoms with Gasteiger partial charge in [-0.1, -0.05) is 18.1 Å². The molecule has 0 saturated heterocycles. The number of ether oxygens (including phenoxy) is 2. The van der Waals surface area contributed by atoms with Crippen molar-refractivity contribution in [2.24, 2.45) is 0 Å². The highest BCUT2D eigenvalue weighted by Gasteiger charge is 2.23. The van der Waals surface area contributed by atoms with Gasteiger partial charge in [-0.25, -0.2) is 24.4 Å². The number of aromatic nitrogens is 2. The van der Waals surface area contributed by atoms with Crippen LogP contribution >= 0.6 is 0 Å². The molecule has 0 unspecified atom stereocenters. The Labute approximate surface area is 206 Å². The van der Waals surface area contributed by atoms with Crippen LogP contribution in [-0.2, 0) is 9.53 Å². The zero-order valence-electron chi connectivity index (χ0n) is 19.8. The number of alkyl halides is 2. The monoisotopic (exact) mass is 499 g/mol. The maximum atomic E-state index is 14.8. The van der Waals surface area contributed by atoms with E-state index in [2.05, 4.69) is 25.9 Å². The van der Waals surface area contributed by atoms with Gasteiger partial charge in [0.1, 0.15) is 30.2 Å². The number of hydrogen-bond donors (Lipinski definition) is 1. The van der Waals surface area contributed by atoms with Crippen molar-refractivity contribution in [3.8, 4) is 18.1 Å². The minimum atomic E-state index is -2.94. The maximum Gasteiger partial charge on any atom is 0.345 e. The number of fused-ring (bicyclic) bond motifs is 1. The maximum absolute atomic E-state index is 14.8. The molecule has 0 saturated carbocycles. The van der Waals surface area contributed by atoms with E-state index in [1.807, 2.05) is 0 Å². The van der Waals surface area contributed by atoms with Crippen molar-refractivity contribution < 1.29 is 27.4 Å². The van der Waals surface area contributed by atoms with Crippen LogP contribution in [-0.4, -0.2) is 54.8 Å². The molecular formula is C25H24F3N5O3. The van der Waals surface area contributed by atoms with Crippen molar-refractivity contribution in [1.82, 2.24) is 15.0 Å². The Morgan fingerprint density at radius 2 is 2.03 bits per heavy atom. The molecule has 1 N–H and O–H groups in total. The highest BCUT2D eigenvalue weighted by Crippen LogP contribution is 2.36. The van der Waals surface area contributed by atoms with Gasteiger partial charge in [0.05, 0.1) is 23.4 Å². The number of terminal acetylenes is 1. The number of carbonyl (C=O) groups excluding carboxylic acids is 1. The summed E-state index contributed by atoms with van der Waals surface area (Å²) in [5.41, 5.74) is 0.859. The van der Waals surface area contributed by atoms with E-state index in [0.717, 1.165) is 0 Å². The third-order valence-corrected chi connectivity index (χ3v) is 4.85. The number of benzene rings is 2. The van der Waals surface area contributed by atoms with Crippen LogP contribution in [0.5, 0.6) is 5.75 Å². The Kier molecular flexibility index (Phi) is 8.83. The number of anilines is 3. The van der Waals surface area contributed by atoms with Crippen LogP contribution in [0.2, 0.25) is 0 Å². The molecule has 3 rings (SSSR count). The van der Waals surface area contributed by atoms with Gasteiger partial charge in [-0.15, -0.1) is 6.42 Å². The third kappa shape index (κ3) is 6.10. The number of amides is 1. The molecule has 3 aromatic rings. The van der Waals surface area contributed by atoms with E-state index in [1.165, 1.54) is 40.6 Å². The summed E-state index contributed by atoms with van der Waals surface area (Å²) in [6, 6.07) is 7.71. The predicted octanol–water partition coefficient (Wildman–Crippen LogP) is 4.50. The first kappa shape index (κ1) is 26.5. The minimum absolute atomic E-state index is 0.0801. The topological polar surface area (TPSA) is 79.8 Å².